The molecular weight excluding hydrogens is 332 g/mol. The Morgan fingerprint density at radius 2 is 1.96 bits per heavy atom. The van der Waals surface area contributed by atoms with Gasteiger partial charge in [0.05, 0.1) is 6.10 Å². The van der Waals surface area contributed by atoms with Crippen molar-refractivity contribution in [3.8, 4) is 0 Å². The second kappa shape index (κ2) is 5.73. The van der Waals surface area contributed by atoms with Gasteiger partial charge in [0.15, 0.2) is 12.1 Å². The molecule has 4 aliphatic carbocycles. The van der Waals surface area contributed by atoms with Crippen LogP contribution in [-0.4, -0.2) is 45.2 Å². The van der Waals surface area contributed by atoms with E-state index in [-0.39, 0.29) is 29.0 Å². The van der Waals surface area contributed by atoms with Crippen LogP contribution < -0.4 is 0 Å². The summed E-state index contributed by atoms with van der Waals surface area (Å²) in [7, 11) is 0. The van der Waals surface area contributed by atoms with Crippen molar-refractivity contribution in [3.63, 3.8) is 0 Å². The number of aliphatic hydroxyl groups excluding tert-OH is 2. The van der Waals surface area contributed by atoms with Crippen LogP contribution in [0.1, 0.15) is 58.8 Å². The molecule has 0 unspecified atom stereocenters. The summed E-state index contributed by atoms with van der Waals surface area (Å²) >= 11 is 0. The lowest BCUT2D eigenvalue weighted by Gasteiger charge is -2.61. The molecule has 3 fully saturated rings. The van der Waals surface area contributed by atoms with Crippen LogP contribution in [0.4, 0.5) is 0 Å². The van der Waals surface area contributed by atoms with Crippen LogP contribution in [0, 0.1) is 28.6 Å². The Kier molecular flexibility index (Phi) is 4.04. The van der Waals surface area contributed by atoms with E-state index in [9.17, 15) is 24.9 Å². The van der Waals surface area contributed by atoms with Crippen molar-refractivity contribution < 1.29 is 24.9 Å². The first-order valence-corrected chi connectivity index (χ1v) is 9.95. The Morgan fingerprint density at radius 1 is 1.23 bits per heavy atom. The minimum atomic E-state index is -1.47. The van der Waals surface area contributed by atoms with Gasteiger partial charge in [0.25, 0.3) is 0 Å². The molecule has 0 aromatic heterocycles. The molecule has 0 heterocycles. The predicted molar refractivity (Wildman–Crippen MR) is 95.1 cm³/mol. The van der Waals surface area contributed by atoms with Crippen LogP contribution in [0.15, 0.2) is 11.6 Å². The highest BCUT2D eigenvalue weighted by Crippen LogP contribution is 2.67. The number of carbonyl (C=O) groups excluding carboxylic acids is 2. The van der Waals surface area contributed by atoms with E-state index in [0.29, 0.717) is 25.5 Å². The van der Waals surface area contributed by atoms with Gasteiger partial charge in [0.1, 0.15) is 11.7 Å². The summed E-state index contributed by atoms with van der Waals surface area (Å²) in [6.45, 7) is 4.13. The second-order valence-electron chi connectivity index (χ2n) is 9.62. The highest BCUT2D eigenvalue weighted by atomic mass is 16.3. The molecule has 144 valence electrons. The standard InChI is InChI=1S/C21H30O5/c1-19-7-5-13(23)9-12(19)3-4-14-15-6-8-21(26,17(25)11-22)20(15,2)10-16(24)18(14)19/h9,11,14-18,24-26H,3-8,10H2,1-2H3/t14-,15-,16-,17+,18+,19-,20-,21-/m0/s1. The summed E-state index contributed by atoms with van der Waals surface area (Å²) in [5.41, 5.74) is -1.12. The molecule has 0 radical (unpaired) electrons. The first-order chi connectivity index (χ1) is 12.2. The molecule has 4 aliphatic rings. The quantitative estimate of drug-likeness (QED) is 0.651. The Morgan fingerprint density at radius 3 is 2.65 bits per heavy atom. The maximum Gasteiger partial charge on any atom is 0.155 e. The smallest absolute Gasteiger partial charge is 0.155 e. The molecule has 0 aromatic rings. The lowest BCUT2D eigenvalue weighted by molar-refractivity contribution is -0.199. The molecule has 4 rings (SSSR count). The molecule has 5 nitrogen and oxygen atoms in total. The fourth-order valence-corrected chi connectivity index (χ4v) is 7.32. The number of aliphatic hydroxyl groups is 3. The zero-order valence-corrected chi connectivity index (χ0v) is 15.6. The molecule has 0 saturated heterocycles. The molecule has 8 atom stereocenters. The SMILES string of the molecule is C[C@]12CCC(=O)C=C1CC[C@@H]1[C@@H]2[C@@H](O)C[C@@]2(C)[C@H]1CC[C@]2(O)[C@H](O)C=O. The van der Waals surface area contributed by atoms with Gasteiger partial charge in [0.2, 0.25) is 0 Å². The third-order valence-corrected chi connectivity index (χ3v) is 8.73. The van der Waals surface area contributed by atoms with E-state index in [4.69, 9.17) is 0 Å². The van der Waals surface area contributed by atoms with Crippen molar-refractivity contribution in [1.82, 2.24) is 0 Å². The summed E-state index contributed by atoms with van der Waals surface area (Å²) in [6.07, 6.45) is 4.82. The third kappa shape index (κ3) is 2.14. The summed E-state index contributed by atoms with van der Waals surface area (Å²) in [5.74, 6) is 0.679. The molecule has 0 aliphatic heterocycles. The highest BCUT2D eigenvalue weighted by molar-refractivity contribution is 5.91. The number of hydrogen-bond donors (Lipinski definition) is 3. The first-order valence-electron chi connectivity index (χ1n) is 9.95. The fraction of sp³-hybridized carbons (Fsp3) is 0.810. The van der Waals surface area contributed by atoms with E-state index in [1.807, 2.05) is 6.92 Å². The Hall–Kier alpha value is -1.04. The number of ketones is 1. The van der Waals surface area contributed by atoms with Gasteiger partial charge in [-0.3, -0.25) is 4.79 Å². The summed E-state index contributed by atoms with van der Waals surface area (Å²) in [6, 6.07) is 0. The molecular formula is C21H30O5. The van der Waals surface area contributed by atoms with Gasteiger partial charge in [-0.1, -0.05) is 19.4 Å². The van der Waals surface area contributed by atoms with Crippen LogP contribution in [0.25, 0.3) is 0 Å². The van der Waals surface area contributed by atoms with Crippen LogP contribution in [0.3, 0.4) is 0 Å². The van der Waals surface area contributed by atoms with E-state index in [1.165, 1.54) is 5.57 Å². The molecule has 5 heteroatoms. The molecule has 3 N–H and O–H groups in total. The maximum absolute atomic E-state index is 11.9. The van der Waals surface area contributed by atoms with Crippen molar-refractivity contribution >= 4 is 12.1 Å². The van der Waals surface area contributed by atoms with Gasteiger partial charge >= 0.3 is 0 Å². The third-order valence-electron chi connectivity index (χ3n) is 8.73. The summed E-state index contributed by atoms with van der Waals surface area (Å²) < 4.78 is 0. The molecule has 0 bridgehead atoms. The van der Waals surface area contributed by atoms with Gasteiger partial charge in [-0.15, -0.1) is 0 Å². The number of carbonyl (C=O) groups is 2. The fourth-order valence-electron chi connectivity index (χ4n) is 7.32. The zero-order chi connectivity index (χ0) is 18.9. The average molecular weight is 362 g/mol. The normalized spacial score (nSPS) is 51.7. The number of aldehydes is 1. The van der Waals surface area contributed by atoms with Gasteiger partial charge in [0, 0.05) is 11.8 Å². The minimum Gasteiger partial charge on any atom is -0.393 e. The summed E-state index contributed by atoms with van der Waals surface area (Å²) in [5, 5.41) is 32.6. The van der Waals surface area contributed by atoms with E-state index >= 15 is 0 Å². The van der Waals surface area contributed by atoms with E-state index < -0.39 is 23.2 Å². The molecule has 0 spiro atoms. The Bertz CT molecular complexity index is 671. The minimum absolute atomic E-state index is 0.0735. The van der Waals surface area contributed by atoms with Gasteiger partial charge in [-0.2, -0.15) is 0 Å². The van der Waals surface area contributed by atoms with E-state index in [1.54, 1.807) is 6.08 Å². The lowest BCUT2D eigenvalue weighted by atomic mass is 9.45. The van der Waals surface area contributed by atoms with Crippen molar-refractivity contribution in [2.24, 2.45) is 28.6 Å². The van der Waals surface area contributed by atoms with Crippen molar-refractivity contribution in [2.45, 2.75) is 76.6 Å². The van der Waals surface area contributed by atoms with Crippen molar-refractivity contribution in [1.29, 1.82) is 0 Å². The number of allylic oxidation sites excluding steroid dienone is 1. The van der Waals surface area contributed by atoms with Gasteiger partial charge in [-0.05, 0) is 67.8 Å². The average Bonchev–Trinajstić information content (AvgIpc) is 2.86. The Labute approximate surface area is 154 Å². The van der Waals surface area contributed by atoms with Gasteiger partial charge in [-0.25, -0.2) is 0 Å². The monoisotopic (exact) mass is 362 g/mol. The second-order valence-corrected chi connectivity index (χ2v) is 9.62. The predicted octanol–water partition coefficient (Wildman–Crippen LogP) is 1.78. The maximum atomic E-state index is 11.9. The van der Waals surface area contributed by atoms with Crippen LogP contribution >= 0.6 is 0 Å². The molecule has 0 aromatic carbocycles. The first kappa shape index (κ1) is 18.3. The van der Waals surface area contributed by atoms with Crippen molar-refractivity contribution in [3.05, 3.63) is 11.6 Å². The Balaban J connectivity index is 1.73. The number of hydrogen-bond acceptors (Lipinski definition) is 5. The van der Waals surface area contributed by atoms with E-state index in [0.717, 1.165) is 25.7 Å². The van der Waals surface area contributed by atoms with Crippen LogP contribution in [0.2, 0.25) is 0 Å². The van der Waals surface area contributed by atoms with Crippen LogP contribution in [-0.2, 0) is 9.59 Å². The van der Waals surface area contributed by atoms with Gasteiger partial charge < -0.3 is 20.1 Å². The van der Waals surface area contributed by atoms with E-state index in [2.05, 4.69) is 6.92 Å². The lowest BCUT2D eigenvalue weighted by Crippen LogP contribution is -2.62. The van der Waals surface area contributed by atoms with Crippen LogP contribution in [0.5, 0.6) is 0 Å². The van der Waals surface area contributed by atoms with Crippen molar-refractivity contribution in [2.75, 3.05) is 0 Å². The summed E-state index contributed by atoms with van der Waals surface area (Å²) in [4.78, 5) is 23.1. The molecule has 0 amide bonds. The number of rotatable bonds is 2. The topological polar surface area (TPSA) is 94.8 Å². The number of fused-ring (bicyclic) bond motifs is 5. The molecule has 26 heavy (non-hydrogen) atoms. The largest absolute Gasteiger partial charge is 0.393 e. The molecule has 3 saturated carbocycles. The zero-order valence-electron chi connectivity index (χ0n) is 15.6. The highest BCUT2D eigenvalue weighted by Gasteiger charge is 2.68.